The van der Waals surface area contributed by atoms with Gasteiger partial charge in [0.05, 0.1) is 24.4 Å². The Kier molecular flexibility index (Phi) is 4.92. The Morgan fingerprint density at radius 2 is 2.19 bits per heavy atom. The molecule has 0 radical (unpaired) electrons. The van der Waals surface area contributed by atoms with E-state index < -0.39 is 5.82 Å². The molecule has 1 fully saturated rings. The lowest BCUT2D eigenvalue weighted by molar-refractivity contribution is -0.0973. The van der Waals surface area contributed by atoms with Crippen molar-refractivity contribution in [3.8, 4) is 5.75 Å². The molecule has 1 aliphatic heterocycles. The zero-order chi connectivity index (χ0) is 15.6. The average Bonchev–Trinajstić information content (AvgIpc) is 2.41. The van der Waals surface area contributed by atoms with Gasteiger partial charge in [0.1, 0.15) is 11.6 Å². The molecule has 0 aliphatic carbocycles. The number of hydrogen-bond donors (Lipinski definition) is 2. The lowest BCUT2D eigenvalue weighted by Crippen LogP contribution is -2.47. The summed E-state index contributed by atoms with van der Waals surface area (Å²) in [6.07, 6.45) is -0.351. The number of phenolic OH excluding ortho intramolecular Hbond substituents is 1. The third-order valence-corrected chi connectivity index (χ3v) is 3.53. The first-order valence-electron chi connectivity index (χ1n) is 6.91. The molecule has 0 bridgehead atoms. The summed E-state index contributed by atoms with van der Waals surface area (Å²) in [6.45, 7) is 4.49. The molecule has 6 heteroatoms. The van der Waals surface area contributed by atoms with Gasteiger partial charge in [0.15, 0.2) is 5.78 Å². The normalized spacial score (nSPS) is 23.2. The second kappa shape index (κ2) is 6.51. The standard InChI is InChI=1S/C15H20FNO4/c1-9-5-17(7-13(8-18)21-9)6-11-3-12(16)4-14(10(2)19)15(11)20/h3-4,9,13,18,20H,5-8H2,1-2H3. The van der Waals surface area contributed by atoms with Gasteiger partial charge in [-0.1, -0.05) is 0 Å². The van der Waals surface area contributed by atoms with Gasteiger partial charge < -0.3 is 14.9 Å². The smallest absolute Gasteiger partial charge is 0.163 e. The first kappa shape index (κ1) is 15.9. The maximum Gasteiger partial charge on any atom is 0.163 e. The fraction of sp³-hybridized carbons (Fsp3) is 0.533. The van der Waals surface area contributed by atoms with Crippen molar-refractivity contribution in [2.24, 2.45) is 0 Å². The molecular formula is C15H20FNO4. The molecule has 21 heavy (non-hydrogen) atoms. The molecule has 1 saturated heterocycles. The number of morpholine rings is 1. The van der Waals surface area contributed by atoms with E-state index in [2.05, 4.69) is 0 Å². The highest BCUT2D eigenvalue weighted by atomic mass is 19.1. The lowest BCUT2D eigenvalue weighted by Gasteiger charge is -2.36. The second-order valence-electron chi connectivity index (χ2n) is 5.46. The van der Waals surface area contributed by atoms with Crippen LogP contribution in [-0.4, -0.2) is 52.8 Å². The van der Waals surface area contributed by atoms with Crippen LogP contribution in [0.15, 0.2) is 12.1 Å². The number of phenols is 1. The van der Waals surface area contributed by atoms with Crippen molar-refractivity contribution >= 4 is 5.78 Å². The maximum absolute atomic E-state index is 13.6. The Hall–Kier alpha value is -1.50. The third-order valence-electron chi connectivity index (χ3n) is 3.53. The minimum absolute atomic E-state index is 0.00924. The average molecular weight is 297 g/mol. The number of aromatic hydroxyl groups is 1. The van der Waals surface area contributed by atoms with E-state index in [1.54, 1.807) is 0 Å². The summed E-state index contributed by atoms with van der Waals surface area (Å²) in [4.78, 5) is 13.4. The van der Waals surface area contributed by atoms with Crippen molar-refractivity contribution in [3.63, 3.8) is 0 Å². The van der Waals surface area contributed by atoms with Gasteiger partial charge in [-0.05, 0) is 26.0 Å². The topological polar surface area (TPSA) is 70.0 Å². The summed E-state index contributed by atoms with van der Waals surface area (Å²) in [5.74, 6) is -1.10. The summed E-state index contributed by atoms with van der Waals surface area (Å²) in [5, 5.41) is 19.3. The Morgan fingerprint density at radius 3 is 2.81 bits per heavy atom. The zero-order valence-electron chi connectivity index (χ0n) is 12.2. The van der Waals surface area contributed by atoms with Crippen molar-refractivity contribution in [3.05, 3.63) is 29.1 Å². The Bertz CT molecular complexity index is 535. The van der Waals surface area contributed by atoms with E-state index in [0.29, 0.717) is 25.2 Å². The third kappa shape index (κ3) is 3.78. The molecule has 0 amide bonds. The van der Waals surface area contributed by atoms with Gasteiger partial charge >= 0.3 is 0 Å². The van der Waals surface area contributed by atoms with Crippen molar-refractivity contribution < 1.29 is 24.1 Å². The van der Waals surface area contributed by atoms with E-state index >= 15 is 0 Å². The molecule has 1 aromatic carbocycles. The molecule has 0 aromatic heterocycles. The molecule has 116 valence electrons. The van der Waals surface area contributed by atoms with Crippen molar-refractivity contribution in [1.29, 1.82) is 0 Å². The minimum atomic E-state index is -0.548. The summed E-state index contributed by atoms with van der Waals surface area (Å²) < 4.78 is 19.1. The van der Waals surface area contributed by atoms with Crippen LogP contribution in [0.1, 0.15) is 29.8 Å². The zero-order valence-corrected chi connectivity index (χ0v) is 12.2. The van der Waals surface area contributed by atoms with Gasteiger partial charge in [0.2, 0.25) is 0 Å². The molecule has 2 rings (SSSR count). The number of hydrogen-bond acceptors (Lipinski definition) is 5. The number of nitrogens with zero attached hydrogens (tertiary/aromatic N) is 1. The summed E-state index contributed by atoms with van der Waals surface area (Å²) in [5.41, 5.74) is 0.357. The number of carbonyl (C=O) groups is 1. The molecule has 2 atom stereocenters. The summed E-state index contributed by atoms with van der Waals surface area (Å²) >= 11 is 0. The molecule has 1 aromatic rings. The SMILES string of the molecule is CC(=O)c1cc(F)cc(CN2CC(C)OC(CO)C2)c1O. The van der Waals surface area contributed by atoms with E-state index in [-0.39, 0.29) is 35.9 Å². The number of aliphatic hydroxyl groups is 1. The number of benzene rings is 1. The fourth-order valence-electron chi connectivity index (χ4n) is 2.66. The molecule has 1 heterocycles. The molecule has 2 unspecified atom stereocenters. The van der Waals surface area contributed by atoms with Gasteiger partial charge in [-0.2, -0.15) is 0 Å². The molecule has 1 aliphatic rings. The van der Waals surface area contributed by atoms with Gasteiger partial charge in [-0.15, -0.1) is 0 Å². The fourth-order valence-corrected chi connectivity index (χ4v) is 2.66. The minimum Gasteiger partial charge on any atom is -0.507 e. The van der Waals surface area contributed by atoms with Crippen LogP contribution in [0, 0.1) is 5.82 Å². The maximum atomic E-state index is 13.6. The van der Waals surface area contributed by atoms with Crippen LogP contribution in [0.25, 0.3) is 0 Å². The van der Waals surface area contributed by atoms with Crippen molar-refractivity contribution in [1.82, 2.24) is 4.90 Å². The van der Waals surface area contributed by atoms with Crippen molar-refractivity contribution in [2.45, 2.75) is 32.6 Å². The quantitative estimate of drug-likeness (QED) is 0.820. The van der Waals surface area contributed by atoms with E-state index in [1.165, 1.54) is 13.0 Å². The monoisotopic (exact) mass is 297 g/mol. The molecular weight excluding hydrogens is 277 g/mol. The van der Waals surface area contributed by atoms with E-state index in [0.717, 1.165) is 6.07 Å². The van der Waals surface area contributed by atoms with Crippen LogP contribution in [0.2, 0.25) is 0 Å². The number of carbonyl (C=O) groups excluding carboxylic acids is 1. The van der Waals surface area contributed by atoms with Crippen LogP contribution < -0.4 is 0 Å². The number of halogens is 1. The number of ketones is 1. The highest BCUT2D eigenvalue weighted by molar-refractivity contribution is 5.97. The summed E-state index contributed by atoms with van der Waals surface area (Å²) in [6, 6.07) is 2.27. The predicted molar refractivity (Wildman–Crippen MR) is 74.8 cm³/mol. The van der Waals surface area contributed by atoms with Crippen LogP contribution in [0.3, 0.4) is 0 Å². The first-order valence-corrected chi connectivity index (χ1v) is 6.91. The van der Waals surface area contributed by atoms with Crippen LogP contribution >= 0.6 is 0 Å². The largest absolute Gasteiger partial charge is 0.507 e. The van der Waals surface area contributed by atoms with E-state index in [4.69, 9.17) is 4.74 Å². The Balaban J connectivity index is 2.21. The van der Waals surface area contributed by atoms with Gasteiger partial charge in [0, 0.05) is 25.2 Å². The predicted octanol–water partition coefficient (Wildman–Crippen LogP) is 1.32. The van der Waals surface area contributed by atoms with Gasteiger partial charge in [-0.25, -0.2) is 4.39 Å². The van der Waals surface area contributed by atoms with Crippen molar-refractivity contribution in [2.75, 3.05) is 19.7 Å². The Morgan fingerprint density at radius 1 is 1.48 bits per heavy atom. The molecule has 0 spiro atoms. The lowest BCUT2D eigenvalue weighted by atomic mass is 10.0. The first-order chi connectivity index (χ1) is 9.90. The van der Waals surface area contributed by atoms with E-state index in [9.17, 15) is 19.4 Å². The van der Waals surface area contributed by atoms with E-state index in [1.807, 2.05) is 11.8 Å². The van der Waals surface area contributed by atoms with Crippen LogP contribution in [-0.2, 0) is 11.3 Å². The van der Waals surface area contributed by atoms with Gasteiger partial charge in [-0.3, -0.25) is 9.69 Å². The number of Topliss-reactive ketones (excluding diaryl/α,β-unsaturated/α-hetero) is 1. The Labute approximate surface area is 122 Å². The molecule has 2 N–H and O–H groups in total. The van der Waals surface area contributed by atoms with Crippen LogP contribution in [0.4, 0.5) is 4.39 Å². The van der Waals surface area contributed by atoms with Crippen LogP contribution in [0.5, 0.6) is 5.75 Å². The number of ether oxygens (including phenoxy) is 1. The molecule has 5 nitrogen and oxygen atoms in total. The number of aliphatic hydroxyl groups excluding tert-OH is 1. The molecule has 0 saturated carbocycles. The highest BCUT2D eigenvalue weighted by Crippen LogP contribution is 2.27. The highest BCUT2D eigenvalue weighted by Gasteiger charge is 2.26. The summed E-state index contributed by atoms with van der Waals surface area (Å²) in [7, 11) is 0. The van der Waals surface area contributed by atoms with Gasteiger partial charge in [0.25, 0.3) is 0 Å². The number of rotatable bonds is 4. The second-order valence-corrected chi connectivity index (χ2v) is 5.46.